The quantitative estimate of drug-likeness (QED) is 0.537. The molecule has 0 saturated heterocycles. The Balaban J connectivity index is 0.00000324. The number of phenolic OH excluding ortho intramolecular Hbond substituents is 1. The molecule has 1 atom stereocenters. The Morgan fingerprint density at radius 3 is 2.63 bits per heavy atom. The Labute approximate surface area is 115 Å². The number of halogens is 1. The minimum atomic E-state index is -1.06. The number of hydrogen-bond acceptors (Lipinski definition) is 5. The average Bonchev–Trinajstić information content (AvgIpc) is 2.30. The lowest BCUT2D eigenvalue weighted by molar-refractivity contribution is -0.385. The number of hydrogen-bond donors (Lipinski definition) is 3. The number of aliphatic carboxylic acids is 1. The summed E-state index contributed by atoms with van der Waals surface area (Å²) < 4.78 is 0. The van der Waals surface area contributed by atoms with Crippen LogP contribution in [0.4, 0.5) is 5.69 Å². The fourth-order valence-corrected chi connectivity index (χ4v) is 1.52. The highest BCUT2D eigenvalue weighted by Crippen LogP contribution is 2.26. The normalized spacial score (nSPS) is 11.4. The number of rotatable bonds is 6. The average molecular weight is 291 g/mol. The predicted molar refractivity (Wildman–Crippen MR) is 70.6 cm³/mol. The van der Waals surface area contributed by atoms with Gasteiger partial charge in [-0.1, -0.05) is 6.07 Å². The Kier molecular flexibility index (Phi) is 6.81. The number of nitrogens with two attached hydrogens (primary N) is 1. The maximum absolute atomic E-state index is 10.6. The van der Waals surface area contributed by atoms with E-state index in [9.17, 15) is 20.0 Å². The van der Waals surface area contributed by atoms with Crippen LogP contribution < -0.4 is 5.73 Å². The van der Waals surface area contributed by atoms with Gasteiger partial charge in [0, 0.05) is 6.07 Å². The first-order valence-corrected chi connectivity index (χ1v) is 5.36. The van der Waals surface area contributed by atoms with Crippen molar-refractivity contribution in [1.82, 2.24) is 0 Å². The molecule has 0 aliphatic heterocycles. The van der Waals surface area contributed by atoms with Crippen LogP contribution in [0.1, 0.15) is 18.4 Å². The van der Waals surface area contributed by atoms with Gasteiger partial charge >= 0.3 is 11.7 Å². The molecule has 0 aliphatic carbocycles. The monoisotopic (exact) mass is 290 g/mol. The molecule has 0 spiro atoms. The Morgan fingerprint density at radius 1 is 1.47 bits per heavy atom. The summed E-state index contributed by atoms with van der Waals surface area (Å²) in [5.41, 5.74) is 5.65. The zero-order chi connectivity index (χ0) is 13.7. The van der Waals surface area contributed by atoms with Gasteiger partial charge < -0.3 is 15.9 Å². The van der Waals surface area contributed by atoms with Crippen molar-refractivity contribution in [3.05, 3.63) is 33.9 Å². The molecule has 0 aliphatic rings. The summed E-state index contributed by atoms with van der Waals surface area (Å²) in [7, 11) is 0. The third-order valence-corrected chi connectivity index (χ3v) is 2.53. The van der Waals surface area contributed by atoms with Gasteiger partial charge in [-0.15, -0.1) is 12.4 Å². The van der Waals surface area contributed by atoms with E-state index in [1.807, 2.05) is 0 Å². The van der Waals surface area contributed by atoms with Crippen LogP contribution in [0.2, 0.25) is 0 Å². The van der Waals surface area contributed by atoms with E-state index < -0.39 is 16.9 Å². The molecular weight excluding hydrogens is 276 g/mol. The van der Waals surface area contributed by atoms with E-state index >= 15 is 0 Å². The van der Waals surface area contributed by atoms with Gasteiger partial charge in [0.1, 0.15) is 6.04 Å². The zero-order valence-electron chi connectivity index (χ0n) is 9.98. The van der Waals surface area contributed by atoms with E-state index in [0.717, 1.165) is 0 Å². The van der Waals surface area contributed by atoms with E-state index in [0.29, 0.717) is 24.8 Å². The number of phenols is 1. The van der Waals surface area contributed by atoms with Crippen LogP contribution in [-0.4, -0.2) is 27.1 Å². The van der Waals surface area contributed by atoms with Gasteiger partial charge in [-0.25, -0.2) is 0 Å². The molecule has 19 heavy (non-hydrogen) atoms. The van der Waals surface area contributed by atoms with Crippen molar-refractivity contribution in [3.8, 4) is 5.75 Å². The summed E-state index contributed by atoms with van der Waals surface area (Å²) in [5.74, 6) is -1.45. The van der Waals surface area contributed by atoms with Crippen LogP contribution in [0, 0.1) is 10.1 Å². The number of carboxylic acids is 1. The molecule has 1 aromatic carbocycles. The predicted octanol–water partition coefficient (Wildman–Crippen LogP) is 1.46. The van der Waals surface area contributed by atoms with Crippen molar-refractivity contribution in [1.29, 1.82) is 0 Å². The van der Waals surface area contributed by atoms with Crippen LogP contribution >= 0.6 is 12.4 Å². The second-order valence-corrected chi connectivity index (χ2v) is 3.92. The summed E-state index contributed by atoms with van der Waals surface area (Å²) in [4.78, 5) is 20.4. The maximum atomic E-state index is 10.6. The molecule has 0 fully saturated rings. The van der Waals surface area contributed by atoms with Gasteiger partial charge in [0.05, 0.1) is 4.92 Å². The first-order valence-electron chi connectivity index (χ1n) is 5.36. The number of nitro benzene ring substituents is 1. The molecule has 0 heterocycles. The van der Waals surface area contributed by atoms with Crippen molar-refractivity contribution in [2.45, 2.75) is 25.3 Å². The molecule has 4 N–H and O–H groups in total. The van der Waals surface area contributed by atoms with Gasteiger partial charge in [-0.05, 0) is 30.9 Å². The first kappa shape index (κ1) is 17.1. The van der Waals surface area contributed by atoms with Gasteiger partial charge in [-0.3, -0.25) is 14.9 Å². The zero-order valence-corrected chi connectivity index (χ0v) is 10.8. The van der Waals surface area contributed by atoms with Crippen molar-refractivity contribution in [2.75, 3.05) is 0 Å². The van der Waals surface area contributed by atoms with Crippen LogP contribution in [0.15, 0.2) is 18.2 Å². The van der Waals surface area contributed by atoms with Crippen LogP contribution in [0.3, 0.4) is 0 Å². The summed E-state index contributed by atoms with van der Waals surface area (Å²) in [6.07, 6.45) is 1.28. The molecule has 7 nitrogen and oxygen atoms in total. The highest BCUT2D eigenvalue weighted by Gasteiger charge is 2.14. The van der Waals surface area contributed by atoms with Gasteiger partial charge in [0.25, 0.3) is 0 Å². The summed E-state index contributed by atoms with van der Waals surface area (Å²) in [6.45, 7) is 0. The van der Waals surface area contributed by atoms with E-state index in [2.05, 4.69) is 0 Å². The molecule has 1 rings (SSSR count). The number of aryl methyl sites for hydroxylation is 1. The van der Waals surface area contributed by atoms with Crippen molar-refractivity contribution < 1.29 is 19.9 Å². The van der Waals surface area contributed by atoms with E-state index in [1.54, 1.807) is 6.07 Å². The summed E-state index contributed by atoms with van der Waals surface area (Å²) in [6, 6.07) is 3.18. The molecule has 0 radical (unpaired) electrons. The lowest BCUT2D eigenvalue weighted by Crippen LogP contribution is -2.29. The molecule has 106 valence electrons. The highest BCUT2D eigenvalue weighted by molar-refractivity contribution is 5.85. The molecular formula is C11H15ClN2O5. The minimum Gasteiger partial charge on any atom is -0.502 e. The van der Waals surface area contributed by atoms with Gasteiger partial charge in [0.15, 0.2) is 5.75 Å². The lowest BCUT2D eigenvalue weighted by atomic mass is 10.0. The smallest absolute Gasteiger partial charge is 0.320 e. The Morgan fingerprint density at radius 2 is 2.11 bits per heavy atom. The van der Waals surface area contributed by atoms with Crippen molar-refractivity contribution in [3.63, 3.8) is 0 Å². The standard InChI is InChI=1S/C11H14N2O5.ClH/c12-8(11(15)16)3-1-2-7-4-5-10(14)9(6-7)13(17)18;/h4-6,8,14H,1-3,12H2,(H,15,16);1H/t8-;/m0./s1. The number of nitrogens with zero attached hydrogens (tertiary/aromatic N) is 1. The third-order valence-electron chi connectivity index (χ3n) is 2.53. The number of carbonyl (C=O) groups is 1. The van der Waals surface area contributed by atoms with Gasteiger partial charge in [-0.2, -0.15) is 0 Å². The second-order valence-electron chi connectivity index (χ2n) is 3.92. The minimum absolute atomic E-state index is 0. The molecule has 1 aromatic rings. The molecule has 8 heteroatoms. The highest BCUT2D eigenvalue weighted by atomic mass is 35.5. The van der Waals surface area contributed by atoms with Crippen molar-refractivity contribution >= 4 is 24.1 Å². The Bertz CT molecular complexity index is 466. The SMILES string of the molecule is Cl.N[C@@H](CCCc1ccc(O)c([N+](=O)[O-])c1)C(=O)O. The Hall–Kier alpha value is -1.86. The number of nitro groups is 1. The molecule has 0 amide bonds. The number of benzene rings is 1. The third kappa shape index (κ3) is 5.11. The van der Waals surface area contributed by atoms with E-state index in [4.69, 9.17) is 10.8 Å². The summed E-state index contributed by atoms with van der Waals surface area (Å²) in [5, 5.41) is 28.4. The molecule has 0 saturated carbocycles. The second kappa shape index (κ2) is 7.55. The summed E-state index contributed by atoms with van der Waals surface area (Å²) >= 11 is 0. The van der Waals surface area contributed by atoms with E-state index in [-0.39, 0.29) is 23.8 Å². The first-order chi connectivity index (χ1) is 8.41. The fourth-order valence-electron chi connectivity index (χ4n) is 1.52. The number of carboxylic acid groups (broad SMARTS) is 1. The number of aromatic hydroxyl groups is 1. The van der Waals surface area contributed by atoms with Crippen LogP contribution in [0.25, 0.3) is 0 Å². The lowest BCUT2D eigenvalue weighted by Gasteiger charge is -2.06. The largest absolute Gasteiger partial charge is 0.502 e. The molecule has 0 unspecified atom stereocenters. The van der Waals surface area contributed by atoms with Crippen LogP contribution in [0.5, 0.6) is 5.75 Å². The topological polar surface area (TPSA) is 127 Å². The fraction of sp³-hybridized carbons (Fsp3) is 0.364. The maximum Gasteiger partial charge on any atom is 0.320 e. The van der Waals surface area contributed by atoms with Gasteiger partial charge in [0.2, 0.25) is 0 Å². The van der Waals surface area contributed by atoms with E-state index in [1.165, 1.54) is 12.1 Å². The van der Waals surface area contributed by atoms with Crippen molar-refractivity contribution in [2.24, 2.45) is 5.73 Å². The molecule has 0 aromatic heterocycles. The molecule has 0 bridgehead atoms. The van der Waals surface area contributed by atoms with Crippen LogP contribution in [-0.2, 0) is 11.2 Å².